The Kier molecular flexibility index (Phi) is 4.68. The highest BCUT2D eigenvalue weighted by molar-refractivity contribution is 6.27. The second kappa shape index (κ2) is 5.80. The van der Waals surface area contributed by atoms with Crippen LogP contribution in [0.25, 0.3) is 0 Å². The first-order chi connectivity index (χ1) is 7.58. The average Bonchev–Trinajstić information content (AvgIpc) is 2.29. The SMILES string of the molecule is COc1ccc(CC(=O)CCl)c(C(F)F)c1. The van der Waals surface area contributed by atoms with E-state index < -0.39 is 6.43 Å². The standard InChI is InChI=1S/C11H11ClF2O2/c1-16-9-3-2-7(4-8(15)6-12)10(5-9)11(13)14/h2-3,5,11H,4,6H2,1H3. The number of ketones is 1. The van der Waals surface area contributed by atoms with Crippen LogP contribution in [0.1, 0.15) is 17.6 Å². The summed E-state index contributed by atoms with van der Waals surface area (Å²) in [5, 5.41) is 0. The fourth-order valence-electron chi connectivity index (χ4n) is 1.32. The molecule has 0 bridgehead atoms. The fraction of sp³-hybridized carbons (Fsp3) is 0.364. The van der Waals surface area contributed by atoms with E-state index in [4.69, 9.17) is 16.3 Å². The number of carbonyl (C=O) groups is 1. The minimum atomic E-state index is -2.63. The summed E-state index contributed by atoms with van der Waals surface area (Å²) in [4.78, 5) is 11.1. The summed E-state index contributed by atoms with van der Waals surface area (Å²) in [6.45, 7) is 0. The number of halogens is 3. The topological polar surface area (TPSA) is 26.3 Å². The van der Waals surface area contributed by atoms with Crippen LogP contribution in [0, 0.1) is 0 Å². The first-order valence-electron chi connectivity index (χ1n) is 4.61. The second-order valence-corrected chi connectivity index (χ2v) is 3.48. The predicted molar refractivity (Wildman–Crippen MR) is 57.4 cm³/mol. The molecule has 0 spiro atoms. The lowest BCUT2D eigenvalue weighted by Gasteiger charge is -2.09. The van der Waals surface area contributed by atoms with Crippen molar-refractivity contribution in [2.45, 2.75) is 12.8 Å². The Hall–Kier alpha value is -1.16. The summed E-state index contributed by atoms with van der Waals surface area (Å²) in [5.74, 6) is -0.111. The minimum absolute atomic E-state index is 0.0762. The van der Waals surface area contributed by atoms with Gasteiger partial charge in [0.15, 0.2) is 5.78 Å². The summed E-state index contributed by atoms with van der Waals surface area (Å²) in [6.07, 6.45) is -2.71. The molecule has 16 heavy (non-hydrogen) atoms. The third-order valence-corrected chi connectivity index (χ3v) is 2.42. The van der Waals surface area contributed by atoms with E-state index in [2.05, 4.69) is 0 Å². The maximum Gasteiger partial charge on any atom is 0.264 e. The van der Waals surface area contributed by atoms with Crippen LogP contribution in [0.3, 0.4) is 0 Å². The van der Waals surface area contributed by atoms with Crippen LogP contribution >= 0.6 is 11.6 Å². The van der Waals surface area contributed by atoms with Gasteiger partial charge in [-0.15, -0.1) is 11.6 Å². The molecule has 0 amide bonds. The van der Waals surface area contributed by atoms with E-state index in [-0.39, 0.29) is 23.6 Å². The van der Waals surface area contributed by atoms with Crippen LogP contribution in [0.2, 0.25) is 0 Å². The van der Waals surface area contributed by atoms with Gasteiger partial charge < -0.3 is 4.74 Å². The number of Topliss-reactive ketones (excluding diaryl/α,β-unsaturated/α-hetero) is 1. The van der Waals surface area contributed by atoms with Crippen molar-refractivity contribution in [3.8, 4) is 5.75 Å². The molecule has 0 saturated carbocycles. The van der Waals surface area contributed by atoms with Gasteiger partial charge in [-0.05, 0) is 17.7 Å². The zero-order chi connectivity index (χ0) is 12.1. The molecule has 1 rings (SSSR count). The Morgan fingerprint density at radius 3 is 2.69 bits per heavy atom. The highest BCUT2D eigenvalue weighted by Gasteiger charge is 2.15. The zero-order valence-electron chi connectivity index (χ0n) is 8.67. The Morgan fingerprint density at radius 2 is 2.19 bits per heavy atom. The molecule has 0 N–H and O–H groups in total. The van der Waals surface area contributed by atoms with Gasteiger partial charge >= 0.3 is 0 Å². The quantitative estimate of drug-likeness (QED) is 0.749. The lowest BCUT2D eigenvalue weighted by Crippen LogP contribution is -2.06. The lowest BCUT2D eigenvalue weighted by atomic mass is 10.0. The Labute approximate surface area is 97.2 Å². The molecule has 0 aromatic heterocycles. The van der Waals surface area contributed by atoms with E-state index in [0.29, 0.717) is 11.3 Å². The van der Waals surface area contributed by atoms with Crippen LogP contribution in [0.15, 0.2) is 18.2 Å². The lowest BCUT2D eigenvalue weighted by molar-refractivity contribution is -0.116. The van der Waals surface area contributed by atoms with Crippen molar-refractivity contribution >= 4 is 17.4 Å². The molecule has 0 heterocycles. The van der Waals surface area contributed by atoms with Gasteiger partial charge in [0.25, 0.3) is 6.43 Å². The van der Waals surface area contributed by atoms with Gasteiger partial charge in [0.2, 0.25) is 0 Å². The average molecular weight is 249 g/mol. The van der Waals surface area contributed by atoms with Gasteiger partial charge in [0, 0.05) is 12.0 Å². The normalized spacial score (nSPS) is 10.6. The highest BCUT2D eigenvalue weighted by atomic mass is 35.5. The zero-order valence-corrected chi connectivity index (χ0v) is 9.43. The maximum atomic E-state index is 12.7. The summed E-state index contributed by atoms with van der Waals surface area (Å²) in [5.41, 5.74) is 0.110. The molecule has 88 valence electrons. The van der Waals surface area contributed by atoms with Crippen LogP contribution in [-0.2, 0) is 11.2 Å². The molecule has 0 saturated heterocycles. The largest absolute Gasteiger partial charge is 0.497 e. The maximum absolute atomic E-state index is 12.7. The van der Waals surface area contributed by atoms with Crippen molar-refractivity contribution in [3.05, 3.63) is 29.3 Å². The van der Waals surface area contributed by atoms with Gasteiger partial charge in [-0.2, -0.15) is 0 Å². The summed E-state index contributed by atoms with van der Waals surface area (Å²) < 4.78 is 30.2. The van der Waals surface area contributed by atoms with Crippen LogP contribution in [0.4, 0.5) is 8.78 Å². The molecule has 0 radical (unpaired) electrons. The molecule has 0 atom stereocenters. The number of hydrogen-bond donors (Lipinski definition) is 0. The molecule has 2 nitrogen and oxygen atoms in total. The number of alkyl halides is 3. The molecule has 1 aromatic carbocycles. The van der Waals surface area contributed by atoms with E-state index >= 15 is 0 Å². The monoisotopic (exact) mass is 248 g/mol. The fourth-order valence-corrected chi connectivity index (χ4v) is 1.42. The van der Waals surface area contributed by atoms with Crippen molar-refractivity contribution in [1.29, 1.82) is 0 Å². The van der Waals surface area contributed by atoms with Gasteiger partial charge in [0.1, 0.15) is 5.75 Å². The molecule has 0 aliphatic rings. The minimum Gasteiger partial charge on any atom is -0.497 e. The van der Waals surface area contributed by atoms with E-state index in [1.54, 1.807) is 6.07 Å². The van der Waals surface area contributed by atoms with E-state index in [1.165, 1.54) is 19.2 Å². The summed E-state index contributed by atoms with van der Waals surface area (Å²) in [7, 11) is 1.40. The Bertz CT molecular complexity index is 380. The predicted octanol–water partition coefficient (Wildman–Crippen LogP) is 2.98. The first kappa shape index (κ1) is 12.9. The van der Waals surface area contributed by atoms with E-state index in [0.717, 1.165) is 0 Å². The number of rotatable bonds is 5. The number of benzene rings is 1. The molecule has 0 unspecified atom stereocenters. The molecule has 5 heteroatoms. The number of carbonyl (C=O) groups excluding carboxylic acids is 1. The van der Waals surface area contributed by atoms with Crippen molar-refractivity contribution in [1.82, 2.24) is 0 Å². The van der Waals surface area contributed by atoms with E-state index in [1.807, 2.05) is 0 Å². The highest BCUT2D eigenvalue weighted by Crippen LogP contribution is 2.27. The molecule has 0 aliphatic carbocycles. The van der Waals surface area contributed by atoms with Crippen molar-refractivity contribution in [2.24, 2.45) is 0 Å². The third-order valence-electron chi connectivity index (χ3n) is 2.12. The number of ether oxygens (including phenoxy) is 1. The van der Waals surface area contributed by atoms with Gasteiger partial charge in [-0.25, -0.2) is 8.78 Å². The van der Waals surface area contributed by atoms with Crippen LogP contribution in [-0.4, -0.2) is 18.8 Å². The summed E-state index contributed by atoms with van der Waals surface area (Å²) in [6, 6.07) is 4.25. The van der Waals surface area contributed by atoms with Crippen molar-refractivity contribution < 1.29 is 18.3 Å². The van der Waals surface area contributed by atoms with Gasteiger partial charge in [-0.3, -0.25) is 4.79 Å². The van der Waals surface area contributed by atoms with Crippen molar-refractivity contribution in [2.75, 3.05) is 13.0 Å². The van der Waals surface area contributed by atoms with E-state index in [9.17, 15) is 13.6 Å². The number of hydrogen-bond acceptors (Lipinski definition) is 2. The molecular weight excluding hydrogens is 238 g/mol. The molecular formula is C11H11ClF2O2. The van der Waals surface area contributed by atoms with Crippen LogP contribution < -0.4 is 4.74 Å². The molecule has 0 fully saturated rings. The number of methoxy groups -OCH3 is 1. The summed E-state index contributed by atoms with van der Waals surface area (Å²) >= 11 is 5.33. The van der Waals surface area contributed by atoms with Crippen molar-refractivity contribution in [3.63, 3.8) is 0 Å². The first-order valence-corrected chi connectivity index (χ1v) is 5.14. The molecule has 1 aromatic rings. The molecule has 0 aliphatic heterocycles. The Balaban J connectivity index is 3.03. The van der Waals surface area contributed by atoms with Gasteiger partial charge in [0.05, 0.1) is 13.0 Å². The third kappa shape index (κ3) is 3.17. The van der Waals surface area contributed by atoms with Gasteiger partial charge in [-0.1, -0.05) is 6.07 Å². The van der Waals surface area contributed by atoms with Crippen LogP contribution in [0.5, 0.6) is 5.75 Å². The Morgan fingerprint density at radius 1 is 1.50 bits per heavy atom. The smallest absolute Gasteiger partial charge is 0.264 e. The second-order valence-electron chi connectivity index (χ2n) is 3.21.